The number of hydrogen-bond donors (Lipinski definition) is 4. The first-order chi connectivity index (χ1) is 30.1. The smallest absolute Gasteiger partial charge is 0.301 e. The van der Waals surface area contributed by atoms with Gasteiger partial charge in [-0.15, -0.1) is 0 Å². The highest BCUT2D eigenvalue weighted by molar-refractivity contribution is 7.90. The summed E-state index contributed by atoms with van der Waals surface area (Å²) in [5, 5.41) is 4.99. The van der Waals surface area contributed by atoms with Gasteiger partial charge in [0.2, 0.25) is 17.6 Å². The van der Waals surface area contributed by atoms with Crippen molar-refractivity contribution < 1.29 is 45.2 Å². The normalized spacial score (nSPS) is 20.1. The number of aromatic nitrogens is 2. The molecule has 19 heteroatoms. The molecular formula is C44H42F4N8O6S. The van der Waals surface area contributed by atoms with Gasteiger partial charge in [-0.3, -0.25) is 29.2 Å². The van der Waals surface area contributed by atoms with Crippen molar-refractivity contribution in [1.29, 1.82) is 0 Å². The number of likely N-dealkylation sites (tertiary alicyclic amines) is 1. The van der Waals surface area contributed by atoms with Gasteiger partial charge >= 0.3 is 10.2 Å². The number of pyridine rings is 1. The lowest BCUT2D eigenvalue weighted by Gasteiger charge is -2.61. The summed E-state index contributed by atoms with van der Waals surface area (Å²) in [7, 11) is -4.36. The molecule has 0 radical (unpaired) electrons. The van der Waals surface area contributed by atoms with E-state index in [9.17, 15) is 36.4 Å². The Morgan fingerprint density at radius 1 is 0.905 bits per heavy atom. The van der Waals surface area contributed by atoms with E-state index in [4.69, 9.17) is 0 Å². The van der Waals surface area contributed by atoms with Gasteiger partial charge < -0.3 is 20.1 Å². The van der Waals surface area contributed by atoms with Crippen LogP contribution in [-0.2, 0) is 26.2 Å². The SMILES string of the molecule is O=C1CCC(NC(=O)c2ccc(CCCN3CC4(C3)CN(c3ccc(-c5cnc6[nH]cc(C(=O)c7c(F)ccc(NS(=O)(=O)N8CC[C@@H](F)C8)c7F)c6c5)cc3)C4)cc2F)C(=O)N1. The van der Waals surface area contributed by atoms with E-state index >= 15 is 8.78 Å². The van der Waals surface area contributed by atoms with Crippen molar-refractivity contribution in [3.05, 3.63) is 113 Å². The standard InChI is InChI=1S/C44H42F4N8O6S/c45-28-13-15-56(20-28)63(61,62)53-35-10-9-33(46)38(39(35)48)40(58)32-19-50-41-31(32)17-27(18-49-41)26-4-6-29(7-5-26)55-23-44(24-55)21-54(22-44)14-1-2-25-3-8-30(34(47)16-25)42(59)51-36-11-12-37(57)52-43(36)60/h3-10,16-19,28,36,53H,1-2,11-15,20-24H2,(H,49,50)(H,51,59)(H,52,57,60)/t28-,36?/m1/s1. The highest BCUT2D eigenvalue weighted by Crippen LogP contribution is 2.42. The molecule has 4 fully saturated rings. The van der Waals surface area contributed by atoms with Crippen LogP contribution in [0.4, 0.5) is 28.9 Å². The molecule has 328 valence electrons. The van der Waals surface area contributed by atoms with Crippen LogP contribution in [0.5, 0.6) is 0 Å². The van der Waals surface area contributed by atoms with E-state index in [-0.39, 0.29) is 42.3 Å². The number of H-pyrrole nitrogens is 1. The van der Waals surface area contributed by atoms with Crippen LogP contribution in [0.25, 0.3) is 22.2 Å². The van der Waals surface area contributed by atoms with E-state index in [0.29, 0.717) is 23.0 Å². The lowest BCUT2D eigenvalue weighted by atomic mass is 9.72. The number of nitrogens with one attached hydrogen (secondary N) is 4. The summed E-state index contributed by atoms with van der Waals surface area (Å²) < 4.78 is 87.8. The molecule has 4 aliphatic rings. The number of carbonyl (C=O) groups is 4. The van der Waals surface area contributed by atoms with Gasteiger partial charge in [0, 0.05) is 85.7 Å². The van der Waals surface area contributed by atoms with E-state index in [1.807, 2.05) is 29.0 Å². The molecule has 2 atom stereocenters. The summed E-state index contributed by atoms with van der Waals surface area (Å²) in [4.78, 5) is 61.6. The summed E-state index contributed by atoms with van der Waals surface area (Å²) in [5.41, 5.74) is 1.98. The van der Waals surface area contributed by atoms with Gasteiger partial charge in [0.05, 0.1) is 16.8 Å². The Morgan fingerprint density at radius 3 is 2.40 bits per heavy atom. The van der Waals surface area contributed by atoms with E-state index < -0.39 is 81.2 Å². The summed E-state index contributed by atoms with van der Waals surface area (Å²) in [5.74, 6) is -5.96. The fraction of sp³-hybridized carbons (Fsp3) is 0.341. The molecule has 6 heterocycles. The van der Waals surface area contributed by atoms with Crippen LogP contribution < -0.4 is 20.3 Å². The third-order valence-electron chi connectivity index (χ3n) is 12.3. The summed E-state index contributed by atoms with van der Waals surface area (Å²) in [6.07, 6.45) is 3.29. The predicted molar refractivity (Wildman–Crippen MR) is 224 cm³/mol. The Labute approximate surface area is 359 Å². The second kappa shape index (κ2) is 16.5. The number of anilines is 2. The third-order valence-corrected chi connectivity index (χ3v) is 13.8. The van der Waals surface area contributed by atoms with Gasteiger partial charge in [-0.1, -0.05) is 18.2 Å². The Hall–Kier alpha value is -6.18. The molecule has 3 amide bonds. The lowest BCUT2D eigenvalue weighted by molar-refractivity contribution is -0.134. The number of alkyl halides is 1. The number of rotatable bonds is 13. The molecule has 14 nitrogen and oxygen atoms in total. The number of amides is 3. The van der Waals surface area contributed by atoms with Crippen molar-refractivity contribution >= 4 is 56.1 Å². The summed E-state index contributed by atoms with van der Waals surface area (Å²) in [6, 6.07) is 14.9. The molecule has 9 rings (SSSR count). The average Bonchev–Trinajstić information content (AvgIpc) is 3.87. The maximum absolute atomic E-state index is 15.7. The Morgan fingerprint density at radius 2 is 1.68 bits per heavy atom. The second-order valence-electron chi connectivity index (χ2n) is 16.8. The fourth-order valence-electron chi connectivity index (χ4n) is 8.98. The number of aryl methyl sites for hydroxylation is 1. The number of piperidine rings is 1. The Bertz CT molecular complexity index is 2770. The highest BCUT2D eigenvalue weighted by Gasteiger charge is 2.51. The minimum absolute atomic E-state index is 0.00421. The molecule has 0 saturated carbocycles. The maximum Gasteiger partial charge on any atom is 0.301 e. The van der Waals surface area contributed by atoms with Gasteiger partial charge in [0.15, 0.2) is 5.82 Å². The molecule has 3 aromatic carbocycles. The van der Waals surface area contributed by atoms with Crippen LogP contribution in [0.15, 0.2) is 73.1 Å². The second-order valence-corrected chi connectivity index (χ2v) is 18.5. The molecule has 0 bridgehead atoms. The molecule has 0 aliphatic carbocycles. The molecule has 2 aromatic heterocycles. The van der Waals surface area contributed by atoms with Crippen molar-refractivity contribution in [1.82, 2.24) is 29.8 Å². The van der Waals surface area contributed by atoms with E-state index in [2.05, 4.69) is 30.4 Å². The van der Waals surface area contributed by atoms with E-state index in [1.165, 1.54) is 18.3 Å². The number of nitrogens with zero attached hydrogens (tertiary/aromatic N) is 4. The molecule has 63 heavy (non-hydrogen) atoms. The molecule has 1 spiro atoms. The summed E-state index contributed by atoms with van der Waals surface area (Å²) in [6.45, 7) is 4.04. The van der Waals surface area contributed by atoms with Crippen LogP contribution >= 0.6 is 0 Å². The Kier molecular flexibility index (Phi) is 11.0. The Balaban J connectivity index is 0.772. The van der Waals surface area contributed by atoms with Crippen molar-refractivity contribution in [2.75, 3.05) is 55.4 Å². The molecule has 4 aliphatic heterocycles. The minimum Gasteiger partial charge on any atom is -0.370 e. The number of fused-ring (bicyclic) bond motifs is 1. The number of carbonyl (C=O) groups excluding carboxylic acids is 4. The molecule has 4 N–H and O–H groups in total. The van der Waals surface area contributed by atoms with Crippen molar-refractivity contribution in [2.45, 2.75) is 44.3 Å². The zero-order chi connectivity index (χ0) is 44.2. The van der Waals surface area contributed by atoms with Crippen LogP contribution in [-0.4, -0.2) is 109 Å². The van der Waals surface area contributed by atoms with Crippen LogP contribution in [0, 0.1) is 22.9 Å². The van der Waals surface area contributed by atoms with E-state index in [0.717, 1.165) is 72.4 Å². The molecule has 4 saturated heterocycles. The van der Waals surface area contributed by atoms with Gasteiger partial charge in [-0.2, -0.15) is 12.7 Å². The monoisotopic (exact) mass is 886 g/mol. The van der Waals surface area contributed by atoms with Gasteiger partial charge in [-0.05, 0) is 85.8 Å². The predicted octanol–water partition coefficient (Wildman–Crippen LogP) is 4.87. The number of benzene rings is 3. The van der Waals surface area contributed by atoms with Gasteiger partial charge in [0.1, 0.15) is 29.5 Å². The molecule has 5 aromatic rings. The van der Waals surface area contributed by atoms with E-state index in [1.54, 1.807) is 18.3 Å². The maximum atomic E-state index is 15.7. The molecular weight excluding hydrogens is 845 g/mol. The first-order valence-electron chi connectivity index (χ1n) is 20.6. The minimum atomic E-state index is -4.36. The molecule has 1 unspecified atom stereocenters. The number of halogens is 4. The third kappa shape index (κ3) is 8.39. The zero-order valence-electron chi connectivity index (χ0n) is 33.7. The van der Waals surface area contributed by atoms with Crippen molar-refractivity contribution in [2.24, 2.45) is 5.41 Å². The van der Waals surface area contributed by atoms with Gasteiger partial charge in [0.25, 0.3) is 5.91 Å². The number of hydrogen-bond acceptors (Lipinski definition) is 9. The number of ketones is 1. The number of imide groups is 1. The van der Waals surface area contributed by atoms with Crippen LogP contribution in [0.3, 0.4) is 0 Å². The quantitative estimate of drug-likeness (QED) is 0.0731. The van der Waals surface area contributed by atoms with Crippen LogP contribution in [0.1, 0.15) is 57.5 Å². The largest absolute Gasteiger partial charge is 0.370 e. The zero-order valence-corrected chi connectivity index (χ0v) is 34.5. The van der Waals surface area contributed by atoms with Crippen LogP contribution in [0.2, 0.25) is 0 Å². The highest BCUT2D eigenvalue weighted by atomic mass is 32.2. The first kappa shape index (κ1) is 42.1. The number of aromatic amines is 1. The van der Waals surface area contributed by atoms with Crippen molar-refractivity contribution in [3.63, 3.8) is 0 Å². The average molecular weight is 887 g/mol. The first-order valence-corrected chi connectivity index (χ1v) is 22.0. The topological polar surface area (TPSA) is 177 Å². The van der Waals surface area contributed by atoms with Gasteiger partial charge in [-0.25, -0.2) is 22.5 Å². The summed E-state index contributed by atoms with van der Waals surface area (Å²) >= 11 is 0. The fourth-order valence-corrected chi connectivity index (χ4v) is 10.2. The lowest BCUT2D eigenvalue weighted by Crippen LogP contribution is -2.72. The van der Waals surface area contributed by atoms with Crippen molar-refractivity contribution in [3.8, 4) is 11.1 Å².